The minimum atomic E-state index is 0.0419. The molecule has 128 valence electrons. The van der Waals surface area contributed by atoms with Gasteiger partial charge in [-0.3, -0.25) is 0 Å². The first-order valence-corrected chi connectivity index (χ1v) is 11.8. The van der Waals surface area contributed by atoms with Gasteiger partial charge in [-0.15, -0.1) is 7.92 Å². The number of hydrogen-bond acceptors (Lipinski definition) is 1. The summed E-state index contributed by atoms with van der Waals surface area (Å²) < 4.78 is 0. The van der Waals surface area contributed by atoms with Crippen LogP contribution in [-0.4, -0.2) is 47.0 Å². The van der Waals surface area contributed by atoms with Crippen molar-refractivity contribution in [3.63, 3.8) is 0 Å². The highest BCUT2D eigenvalue weighted by Crippen LogP contribution is 2.58. The quantitative estimate of drug-likeness (QED) is 0.448. The van der Waals surface area contributed by atoms with Gasteiger partial charge in [0.05, 0.1) is 0 Å². The highest BCUT2D eigenvalue weighted by atomic mass is 31.1. The minimum absolute atomic E-state index is 0.0419. The van der Waals surface area contributed by atoms with E-state index in [1.54, 1.807) is 0 Å². The molecule has 0 aromatic heterocycles. The van der Waals surface area contributed by atoms with Crippen molar-refractivity contribution in [3.05, 3.63) is 0 Å². The van der Waals surface area contributed by atoms with E-state index in [1.165, 1.54) is 31.6 Å². The zero-order chi connectivity index (χ0) is 16.9. The van der Waals surface area contributed by atoms with Crippen molar-refractivity contribution >= 4 is 15.8 Å². The Morgan fingerprint density at radius 1 is 0.667 bits per heavy atom. The van der Waals surface area contributed by atoms with E-state index in [9.17, 15) is 0 Å². The Labute approximate surface area is 137 Å². The van der Waals surface area contributed by atoms with Crippen LogP contribution in [0.2, 0.25) is 0 Å². The molecule has 0 bridgehead atoms. The SMILES string of the molecule is CCP(CCNCCP(C(C)(C)C)C(C)(C)C)C(C)(C)C. The molecule has 0 aromatic carbocycles. The second-order valence-corrected chi connectivity index (χ2v) is 16.5. The van der Waals surface area contributed by atoms with E-state index in [0.29, 0.717) is 15.5 Å². The van der Waals surface area contributed by atoms with E-state index in [0.717, 1.165) is 0 Å². The second-order valence-electron chi connectivity index (χ2n) is 8.99. The minimum Gasteiger partial charge on any atom is -0.316 e. The van der Waals surface area contributed by atoms with Gasteiger partial charge in [-0.2, -0.15) is 0 Å². The Balaban J connectivity index is 4.19. The second kappa shape index (κ2) is 8.61. The molecule has 0 aliphatic heterocycles. The summed E-state index contributed by atoms with van der Waals surface area (Å²) in [5, 5.41) is 5.15. The van der Waals surface area contributed by atoms with Gasteiger partial charge in [0.25, 0.3) is 0 Å². The van der Waals surface area contributed by atoms with Crippen molar-refractivity contribution in [1.29, 1.82) is 0 Å². The molecule has 0 aliphatic rings. The van der Waals surface area contributed by atoms with Gasteiger partial charge >= 0.3 is 0 Å². The first-order valence-electron chi connectivity index (χ1n) is 8.53. The van der Waals surface area contributed by atoms with E-state index >= 15 is 0 Å². The summed E-state index contributed by atoms with van der Waals surface area (Å²) in [5.41, 5.74) is 0. The largest absolute Gasteiger partial charge is 0.316 e. The standard InChI is InChI=1S/C18H41NP2/c1-11-20(16(2,3)4)14-12-19-13-15-21(17(5,6)7)18(8,9)10/h19H,11-15H2,1-10H3. The summed E-state index contributed by atoms with van der Waals surface area (Å²) in [6.45, 7) is 26.5. The smallest absolute Gasteiger partial charge is 0.000898 e. The topological polar surface area (TPSA) is 12.0 Å². The molecule has 0 aromatic rings. The van der Waals surface area contributed by atoms with E-state index in [-0.39, 0.29) is 15.8 Å². The predicted molar refractivity (Wildman–Crippen MR) is 106 cm³/mol. The van der Waals surface area contributed by atoms with Crippen LogP contribution in [0, 0.1) is 0 Å². The maximum atomic E-state index is 3.73. The summed E-state index contributed by atoms with van der Waals surface area (Å²) in [5.74, 6) is 0. The summed E-state index contributed by atoms with van der Waals surface area (Å²) in [7, 11) is 0.208. The molecule has 0 spiro atoms. The van der Waals surface area contributed by atoms with Crippen LogP contribution in [0.4, 0.5) is 0 Å². The fourth-order valence-corrected chi connectivity index (χ4v) is 9.27. The molecule has 0 radical (unpaired) electrons. The Kier molecular flexibility index (Phi) is 8.95. The number of hydrogen-bond donors (Lipinski definition) is 1. The van der Waals surface area contributed by atoms with Gasteiger partial charge in [0.15, 0.2) is 0 Å². The van der Waals surface area contributed by atoms with Crippen molar-refractivity contribution in [2.75, 3.05) is 31.6 Å². The summed E-state index contributed by atoms with van der Waals surface area (Å²) in [6.07, 6.45) is 4.08. The van der Waals surface area contributed by atoms with Crippen molar-refractivity contribution in [2.45, 2.75) is 84.7 Å². The molecule has 3 heteroatoms. The fraction of sp³-hybridized carbons (Fsp3) is 1.00. The highest BCUT2D eigenvalue weighted by molar-refractivity contribution is 7.60. The average Bonchev–Trinajstić information content (AvgIpc) is 2.22. The van der Waals surface area contributed by atoms with Gasteiger partial charge in [-0.1, -0.05) is 77.2 Å². The first-order chi connectivity index (χ1) is 9.30. The highest BCUT2D eigenvalue weighted by Gasteiger charge is 2.33. The molecule has 1 unspecified atom stereocenters. The Morgan fingerprint density at radius 2 is 1.10 bits per heavy atom. The molecule has 0 amide bonds. The molecule has 0 saturated heterocycles. The van der Waals surface area contributed by atoms with Crippen LogP contribution in [0.25, 0.3) is 0 Å². The first kappa shape index (κ1) is 21.8. The maximum absolute atomic E-state index is 3.73. The molecule has 0 saturated carbocycles. The van der Waals surface area contributed by atoms with Crippen LogP contribution >= 0.6 is 15.8 Å². The van der Waals surface area contributed by atoms with Crippen LogP contribution in [0.5, 0.6) is 0 Å². The van der Waals surface area contributed by atoms with Gasteiger partial charge in [-0.05, 0) is 47.0 Å². The lowest BCUT2D eigenvalue weighted by Gasteiger charge is -2.41. The molecule has 1 atom stereocenters. The zero-order valence-corrected chi connectivity index (χ0v) is 18.2. The van der Waals surface area contributed by atoms with Crippen LogP contribution in [-0.2, 0) is 0 Å². The lowest BCUT2D eigenvalue weighted by molar-refractivity contribution is 0.688. The van der Waals surface area contributed by atoms with Crippen LogP contribution < -0.4 is 5.32 Å². The van der Waals surface area contributed by atoms with Gasteiger partial charge in [0.2, 0.25) is 0 Å². The fourth-order valence-electron chi connectivity index (χ4n) is 3.17. The predicted octanol–water partition coefficient (Wildman–Crippen LogP) is 5.96. The molecule has 1 N–H and O–H groups in total. The molecule has 21 heavy (non-hydrogen) atoms. The van der Waals surface area contributed by atoms with Gasteiger partial charge < -0.3 is 5.32 Å². The molecular weight excluding hydrogens is 292 g/mol. The molecule has 1 nitrogen and oxygen atoms in total. The molecular formula is C18H41NP2. The van der Waals surface area contributed by atoms with Gasteiger partial charge in [-0.25, -0.2) is 0 Å². The van der Waals surface area contributed by atoms with Crippen LogP contribution in [0.1, 0.15) is 69.2 Å². The van der Waals surface area contributed by atoms with Gasteiger partial charge in [0.1, 0.15) is 0 Å². The van der Waals surface area contributed by atoms with E-state index in [4.69, 9.17) is 0 Å². The monoisotopic (exact) mass is 333 g/mol. The Morgan fingerprint density at radius 3 is 1.43 bits per heavy atom. The Hall–Kier alpha value is 0.820. The molecule has 0 aliphatic carbocycles. The number of nitrogens with one attached hydrogen (secondary N) is 1. The zero-order valence-electron chi connectivity index (χ0n) is 16.4. The third kappa shape index (κ3) is 8.88. The van der Waals surface area contributed by atoms with E-state index in [2.05, 4.69) is 74.6 Å². The Bertz CT molecular complexity index is 267. The molecule has 0 fully saturated rings. The summed E-state index contributed by atoms with van der Waals surface area (Å²) in [6, 6.07) is 0. The summed E-state index contributed by atoms with van der Waals surface area (Å²) in [4.78, 5) is 0. The van der Waals surface area contributed by atoms with E-state index in [1.807, 2.05) is 0 Å². The molecule has 0 rings (SSSR count). The normalized spacial score (nSPS) is 15.6. The van der Waals surface area contributed by atoms with Crippen molar-refractivity contribution in [2.24, 2.45) is 0 Å². The summed E-state index contributed by atoms with van der Waals surface area (Å²) >= 11 is 0. The number of rotatable bonds is 7. The third-order valence-corrected chi connectivity index (χ3v) is 11.4. The van der Waals surface area contributed by atoms with E-state index < -0.39 is 0 Å². The lowest BCUT2D eigenvalue weighted by atomic mass is 10.2. The van der Waals surface area contributed by atoms with Crippen molar-refractivity contribution in [1.82, 2.24) is 5.32 Å². The van der Waals surface area contributed by atoms with Crippen molar-refractivity contribution in [3.8, 4) is 0 Å². The van der Waals surface area contributed by atoms with Crippen LogP contribution in [0.15, 0.2) is 0 Å². The molecule has 0 heterocycles. The van der Waals surface area contributed by atoms with Crippen LogP contribution in [0.3, 0.4) is 0 Å². The van der Waals surface area contributed by atoms with Crippen molar-refractivity contribution < 1.29 is 0 Å². The maximum Gasteiger partial charge on any atom is -0.000898 e. The average molecular weight is 333 g/mol. The van der Waals surface area contributed by atoms with Gasteiger partial charge in [0, 0.05) is 0 Å². The third-order valence-electron chi connectivity index (χ3n) is 4.02. The lowest BCUT2D eigenvalue weighted by Crippen LogP contribution is -2.31.